The summed E-state index contributed by atoms with van der Waals surface area (Å²) in [6.07, 6.45) is 3.51. The summed E-state index contributed by atoms with van der Waals surface area (Å²) in [6.45, 7) is 0.310. The first kappa shape index (κ1) is 9.95. The van der Waals surface area contributed by atoms with Gasteiger partial charge in [0.1, 0.15) is 0 Å². The molecule has 0 saturated carbocycles. The lowest BCUT2D eigenvalue weighted by molar-refractivity contribution is 1.22. The molecule has 0 aliphatic rings. The van der Waals surface area contributed by atoms with Crippen LogP contribution in [0.1, 0.15) is 5.56 Å². The molecule has 0 amide bonds. The molecule has 0 aliphatic carbocycles. The van der Waals surface area contributed by atoms with Crippen molar-refractivity contribution in [1.82, 2.24) is 0 Å². The van der Waals surface area contributed by atoms with Crippen LogP contribution in [0, 0.1) is 0 Å². The van der Waals surface area contributed by atoms with Crippen LogP contribution in [0.3, 0.4) is 0 Å². The van der Waals surface area contributed by atoms with Gasteiger partial charge in [0.25, 0.3) is 0 Å². The van der Waals surface area contributed by atoms with Crippen molar-refractivity contribution in [2.75, 3.05) is 18.0 Å². The van der Waals surface area contributed by atoms with E-state index in [0.29, 0.717) is 17.9 Å². The maximum Gasteiger partial charge on any atom is 0.0621 e. The van der Waals surface area contributed by atoms with Crippen LogP contribution in [0.25, 0.3) is 16.5 Å². The Morgan fingerprint density at radius 3 is 2.93 bits per heavy atom. The Balaban J connectivity index is 2.81. The molecule has 0 atom stereocenters. The molecule has 0 bridgehead atoms. The van der Waals surface area contributed by atoms with Crippen molar-refractivity contribution in [2.45, 2.75) is 0 Å². The van der Waals surface area contributed by atoms with E-state index in [1.54, 1.807) is 18.2 Å². The predicted molar refractivity (Wildman–Crippen MR) is 58.3 cm³/mol. The van der Waals surface area contributed by atoms with Gasteiger partial charge in [-0.25, -0.2) is 0 Å². The molecular formula is C9H11N5. The normalized spacial score (nSPS) is 10.0. The summed E-state index contributed by atoms with van der Waals surface area (Å²) in [5, 5.41) is 3.36. The second-order valence-electron chi connectivity index (χ2n) is 2.67. The number of azide groups is 1. The van der Waals surface area contributed by atoms with Crippen LogP contribution in [0.15, 0.2) is 29.4 Å². The Labute approximate surface area is 81.7 Å². The maximum atomic E-state index is 8.04. The number of hydrogen-bond acceptors (Lipinski definition) is 3. The van der Waals surface area contributed by atoms with Crippen LogP contribution in [-0.4, -0.2) is 6.54 Å². The summed E-state index contributed by atoms with van der Waals surface area (Å²) in [5.41, 5.74) is 21.3. The second kappa shape index (κ2) is 4.79. The number of anilines is 2. The summed E-state index contributed by atoms with van der Waals surface area (Å²) in [4.78, 5) is 2.62. The Morgan fingerprint density at radius 2 is 2.21 bits per heavy atom. The van der Waals surface area contributed by atoms with Crippen molar-refractivity contribution >= 4 is 17.5 Å². The highest BCUT2D eigenvalue weighted by atomic mass is 15.1. The molecule has 5 heteroatoms. The third-order valence-corrected chi connectivity index (χ3v) is 1.72. The van der Waals surface area contributed by atoms with Gasteiger partial charge in [-0.3, -0.25) is 0 Å². The number of para-hydroxylation sites is 1. The highest BCUT2D eigenvalue weighted by Gasteiger charge is 1.96. The summed E-state index contributed by atoms with van der Waals surface area (Å²) < 4.78 is 0. The fourth-order valence-electron chi connectivity index (χ4n) is 1.01. The molecule has 0 radical (unpaired) electrons. The number of nitrogens with two attached hydrogens (primary N) is 2. The van der Waals surface area contributed by atoms with Crippen molar-refractivity contribution < 1.29 is 0 Å². The van der Waals surface area contributed by atoms with Crippen LogP contribution < -0.4 is 11.5 Å². The van der Waals surface area contributed by atoms with Gasteiger partial charge >= 0.3 is 0 Å². The van der Waals surface area contributed by atoms with Crippen molar-refractivity contribution in [1.29, 1.82) is 0 Å². The third kappa shape index (κ3) is 2.43. The lowest BCUT2D eigenvalue weighted by Crippen LogP contribution is -1.96. The molecule has 1 aromatic rings. The van der Waals surface area contributed by atoms with Gasteiger partial charge in [0, 0.05) is 11.5 Å². The number of nitrogen functional groups attached to an aromatic ring is 2. The van der Waals surface area contributed by atoms with Crippen LogP contribution in [-0.2, 0) is 0 Å². The summed E-state index contributed by atoms with van der Waals surface area (Å²) in [5.74, 6) is 0. The van der Waals surface area contributed by atoms with Gasteiger partial charge in [0.2, 0.25) is 0 Å². The van der Waals surface area contributed by atoms with Gasteiger partial charge < -0.3 is 11.5 Å². The summed E-state index contributed by atoms with van der Waals surface area (Å²) in [6, 6.07) is 5.40. The number of rotatable bonds is 3. The molecule has 0 fully saturated rings. The van der Waals surface area contributed by atoms with Gasteiger partial charge in [-0.15, -0.1) is 0 Å². The van der Waals surface area contributed by atoms with E-state index in [2.05, 4.69) is 10.0 Å². The molecule has 0 spiro atoms. The van der Waals surface area contributed by atoms with Crippen LogP contribution in [0.5, 0.6) is 0 Å². The third-order valence-electron chi connectivity index (χ3n) is 1.72. The molecule has 72 valence electrons. The summed E-state index contributed by atoms with van der Waals surface area (Å²) >= 11 is 0. The predicted octanol–water partition coefficient (Wildman–Crippen LogP) is 2.17. The zero-order chi connectivity index (χ0) is 10.4. The highest BCUT2D eigenvalue weighted by molar-refractivity contribution is 5.75. The average Bonchev–Trinajstić information content (AvgIpc) is 2.19. The lowest BCUT2D eigenvalue weighted by atomic mass is 10.1. The molecule has 1 rings (SSSR count). The topological polar surface area (TPSA) is 101 Å². The minimum atomic E-state index is 0.310. The van der Waals surface area contributed by atoms with Crippen molar-refractivity contribution in [3.8, 4) is 0 Å². The SMILES string of the molecule is [N-]=[N+]=NCC=Cc1cccc(N)c1N. The van der Waals surface area contributed by atoms with Crippen LogP contribution in [0.4, 0.5) is 11.4 Å². The molecule has 0 heterocycles. The molecular weight excluding hydrogens is 178 g/mol. The van der Waals surface area contributed by atoms with E-state index in [-0.39, 0.29) is 0 Å². The van der Waals surface area contributed by atoms with Crippen molar-refractivity contribution in [3.63, 3.8) is 0 Å². The monoisotopic (exact) mass is 189 g/mol. The van der Waals surface area contributed by atoms with Gasteiger partial charge in [-0.2, -0.15) is 0 Å². The van der Waals surface area contributed by atoms with E-state index in [9.17, 15) is 0 Å². The first-order chi connectivity index (χ1) is 6.75. The van der Waals surface area contributed by atoms with Crippen molar-refractivity contribution in [2.24, 2.45) is 5.11 Å². The summed E-state index contributed by atoms with van der Waals surface area (Å²) in [7, 11) is 0. The van der Waals surface area contributed by atoms with Crippen molar-refractivity contribution in [3.05, 3.63) is 40.3 Å². The second-order valence-corrected chi connectivity index (χ2v) is 2.67. The van der Waals surface area contributed by atoms with E-state index in [1.807, 2.05) is 12.1 Å². The Morgan fingerprint density at radius 1 is 1.43 bits per heavy atom. The zero-order valence-electron chi connectivity index (χ0n) is 7.59. The highest BCUT2D eigenvalue weighted by Crippen LogP contribution is 2.20. The zero-order valence-corrected chi connectivity index (χ0v) is 7.59. The Bertz CT molecular complexity index is 390. The molecule has 0 saturated heterocycles. The molecule has 5 nitrogen and oxygen atoms in total. The van der Waals surface area contributed by atoms with Gasteiger partial charge in [-0.1, -0.05) is 29.4 Å². The van der Waals surface area contributed by atoms with E-state index in [1.165, 1.54) is 0 Å². The molecule has 14 heavy (non-hydrogen) atoms. The number of nitrogens with zero attached hydrogens (tertiary/aromatic N) is 3. The standard InChI is InChI=1S/C9H11N5/c10-8-5-1-3-7(9(8)11)4-2-6-13-14-12/h1-5H,6,10-11H2. The van der Waals surface area contributed by atoms with Crippen LogP contribution in [0.2, 0.25) is 0 Å². The fourth-order valence-corrected chi connectivity index (χ4v) is 1.01. The van der Waals surface area contributed by atoms with E-state index in [0.717, 1.165) is 5.56 Å². The largest absolute Gasteiger partial charge is 0.397 e. The average molecular weight is 189 g/mol. The maximum absolute atomic E-state index is 8.04. The van der Waals surface area contributed by atoms with Gasteiger partial charge in [0.05, 0.1) is 11.4 Å². The molecule has 1 aromatic carbocycles. The minimum Gasteiger partial charge on any atom is -0.397 e. The fraction of sp³-hybridized carbons (Fsp3) is 0.111. The molecule has 0 unspecified atom stereocenters. The Hall–Kier alpha value is -2.13. The Kier molecular flexibility index (Phi) is 3.41. The molecule has 0 aromatic heterocycles. The quantitative estimate of drug-likeness (QED) is 0.329. The number of hydrogen-bond donors (Lipinski definition) is 2. The first-order valence-corrected chi connectivity index (χ1v) is 4.07. The van der Waals surface area contributed by atoms with Crippen LogP contribution >= 0.6 is 0 Å². The molecule has 0 aliphatic heterocycles. The van der Waals surface area contributed by atoms with E-state index >= 15 is 0 Å². The van der Waals surface area contributed by atoms with Gasteiger partial charge in [-0.05, 0) is 17.2 Å². The molecule has 4 N–H and O–H groups in total. The minimum absolute atomic E-state index is 0.310. The first-order valence-electron chi connectivity index (χ1n) is 4.07. The van der Waals surface area contributed by atoms with E-state index in [4.69, 9.17) is 17.0 Å². The lowest BCUT2D eigenvalue weighted by Gasteiger charge is -2.02. The smallest absolute Gasteiger partial charge is 0.0621 e. The van der Waals surface area contributed by atoms with E-state index < -0.39 is 0 Å². The number of benzene rings is 1. The van der Waals surface area contributed by atoms with Gasteiger partial charge in [0.15, 0.2) is 0 Å².